The summed E-state index contributed by atoms with van der Waals surface area (Å²) in [6.07, 6.45) is 2.03. The van der Waals surface area contributed by atoms with E-state index in [-0.39, 0.29) is 23.8 Å². The van der Waals surface area contributed by atoms with E-state index in [1.807, 2.05) is 24.3 Å². The molecule has 0 aliphatic carbocycles. The van der Waals surface area contributed by atoms with E-state index in [1.54, 1.807) is 11.0 Å². The molecule has 0 fully saturated rings. The fraction of sp³-hybridized carbons (Fsp3) is 0.375. The SMILES string of the molecule is C=CCNC(=O)CN1C(=O)CC(C)(C)c2ccccc21. The molecule has 0 spiro atoms. The van der Waals surface area contributed by atoms with Gasteiger partial charge in [0.05, 0.1) is 0 Å². The highest BCUT2D eigenvalue weighted by atomic mass is 16.2. The van der Waals surface area contributed by atoms with E-state index < -0.39 is 0 Å². The summed E-state index contributed by atoms with van der Waals surface area (Å²) >= 11 is 0. The topological polar surface area (TPSA) is 49.4 Å². The van der Waals surface area contributed by atoms with Crippen LogP contribution in [-0.2, 0) is 15.0 Å². The van der Waals surface area contributed by atoms with Crippen molar-refractivity contribution in [3.8, 4) is 0 Å². The molecule has 1 aliphatic heterocycles. The van der Waals surface area contributed by atoms with E-state index >= 15 is 0 Å². The van der Waals surface area contributed by atoms with Gasteiger partial charge in [-0.15, -0.1) is 6.58 Å². The third kappa shape index (κ3) is 2.74. The molecule has 0 radical (unpaired) electrons. The van der Waals surface area contributed by atoms with E-state index in [2.05, 4.69) is 25.7 Å². The van der Waals surface area contributed by atoms with Crippen LogP contribution in [0.25, 0.3) is 0 Å². The molecule has 1 aromatic carbocycles. The normalized spacial score (nSPS) is 16.5. The Morgan fingerprint density at radius 1 is 1.45 bits per heavy atom. The molecule has 0 saturated carbocycles. The molecule has 0 aromatic heterocycles. The average Bonchev–Trinajstić information content (AvgIpc) is 2.41. The number of amides is 2. The molecule has 2 amide bonds. The number of hydrogen-bond acceptors (Lipinski definition) is 2. The van der Waals surface area contributed by atoms with E-state index in [0.29, 0.717) is 13.0 Å². The second-order valence-electron chi connectivity index (χ2n) is 5.65. The molecule has 20 heavy (non-hydrogen) atoms. The summed E-state index contributed by atoms with van der Waals surface area (Å²) in [5.74, 6) is -0.185. The van der Waals surface area contributed by atoms with Gasteiger partial charge < -0.3 is 10.2 Å². The number of rotatable bonds is 4. The molecule has 0 unspecified atom stereocenters. The van der Waals surface area contributed by atoms with Crippen LogP contribution in [0.15, 0.2) is 36.9 Å². The van der Waals surface area contributed by atoms with Crippen molar-refractivity contribution in [2.75, 3.05) is 18.0 Å². The number of carbonyl (C=O) groups excluding carboxylic acids is 2. The van der Waals surface area contributed by atoms with Gasteiger partial charge in [0.1, 0.15) is 6.54 Å². The second kappa shape index (κ2) is 5.49. The van der Waals surface area contributed by atoms with Gasteiger partial charge in [-0.25, -0.2) is 0 Å². The maximum Gasteiger partial charge on any atom is 0.240 e. The Bertz CT molecular complexity index is 549. The lowest BCUT2D eigenvalue weighted by Crippen LogP contribution is -2.46. The van der Waals surface area contributed by atoms with Gasteiger partial charge in [-0.05, 0) is 11.6 Å². The molecular formula is C16H20N2O2. The summed E-state index contributed by atoms with van der Waals surface area (Å²) in [6.45, 7) is 8.13. The summed E-state index contributed by atoms with van der Waals surface area (Å²) in [5.41, 5.74) is 1.75. The number of hydrogen-bond donors (Lipinski definition) is 1. The summed E-state index contributed by atoms with van der Waals surface area (Å²) in [7, 11) is 0. The van der Waals surface area contributed by atoms with Crippen molar-refractivity contribution >= 4 is 17.5 Å². The Morgan fingerprint density at radius 3 is 2.85 bits per heavy atom. The molecular weight excluding hydrogens is 252 g/mol. The molecule has 4 heteroatoms. The van der Waals surface area contributed by atoms with Gasteiger partial charge in [0, 0.05) is 24.1 Å². The fourth-order valence-corrected chi connectivity index (χ4v) is 2.54. The number of anilines is 1. The molecule has 1 heterocycles. The van der Waals surface area contributed by atoms with Crippen molar-refractivity contribution in [2.24, 2.45) is 0 Å². The standard InChI is InChI=1S/C16H20N2O2/c1-4-9-17-14(19)11-18-13-8-6-5-7-12(13)16(2,3)10-15(18)20/h4-8H,1,9-11H2,2-3H3,(H,17,19). The number of benzene rings is 1. The summed E-state index contributed by atoms with van der Waals surface area (Å²) in [5, 5.41) is 2.70. The average molecular weight is 272 g/mol. The molecule has 0 bridgehead atoms. The highest BCUT2D eigenvalue weighted by molar-refractivity contribution is 6.02. The Kier molecular flexibility index (Phi) is 3.93. The first-order valence-electron chi connectivity index (χ1n) is 6.73. The Balaban J connectivity index is 2.27. The lowest BCUT2D eigenvalue weighted by atomic mass is 9.77. The zero-order chi connectivity index (χ0) is 14.8. The first-order valence-corrected chi connectivity index (χ1v) is 6.73. The number of nitrogens with one attached hydrogen (secondary N) is 1. The summed E-state index contributed by atoms with van der Waals surface area (Å²) in [6, 6.07) is 7.78. The smallest absolute Gasteiger partial charge is 0.240 e. The van der Waals surface area contributed by atoms with Crippen molar-refractivity contribution in [1.82, 2.24) is 5.32 Å². The molecule has 106 valence electrons. The van der Waals surface area contributed by atoms with Crippen molar-refractivity contribution in [1.29, 1.82) is 0 Å². The van der Waals surface area contributed by atoms with E-state index in [4.69, 9.17) is 0 Å². The van der Waals surface area contributed by atoms with E-state index in [0.717, 1.165) is 11.3 Å². The lowest BCUT2D eigenvalue weighted by molar-refractivity contribution is -0.124. The molecule has 1 aliphatic rings. The van der Waals surface area contributed by atoms with Gasteiger partial charge in [-0.1, -0.05) is 38.1 Å². The second-order valence-corrected chi connectivity index (χ2v) is 5.65. The number of fused-ring (bicyclic) bond motifs is 1. The third-order valence-corrected chi connectivity index (χ3v) is 3.56. The summed E-state index contributed by atoms with van der Waals surface area (Å²) < 4.78 is 0. The van der Waals surface area contributed by atoms with Crippen molar-refractivity contribution < 1.29 is 9.59 Å². The molecule has 1 aromatic rings. The van der Waals surface area contributed by atoms with Gasteiger partial charge >= 0.3 is 0 Å². The van der Waals surface area contributed by atoms with Crippen LogP contribution >= 0.6 is 0 Å². The van der Waals surface area contributed by atoms with E-state index in [1.165, 1.54) is 0 Å². The van der Waals surface area contributed by atoms with Crippen LogP contribution in [0.1, 0.15) is 25.8 Å². The van der Waals surface area contributed by atoms with Gasteiger partial charge in [0.25, 0.3) is 0 Å². The molecule has 2 rings (SSSR count). The van der Waals surface area contributed by atoms with Crippen LogP contribution in [-0.4, -0.2) is 24.9 Å². The number of para-hydroxylation sites is 1. The maximum absolute atomic E-state index is 12.3. The zero-order valence-electron chi connectivity index (χ0n) is 12.0. The summed E-state index contributed by atoms with van der Waals surface area (Å²) in [4.78, 5) is 25.7. The predicted octanol–water partition coefficient (Wildman–Crippen LogP) is 2.00. The Labute approximate surface area is 119 Å². The monoisotopic (exact) mass is 272 g/mol. The molecule has 0 atom stereocenters. The van der Waals surface area contributed by atoms with Crippen LogP contribution in [0.4, 0.5) is 5.69 Å². The lowest BCUT2D eigenvalue weighted by Gasteiger charge is -2.38. The first-order chi connectivity index (χ1) is 9.45. The quantitative estimate of drug-likeness (QED) is 0.852. The maximum atomic E-state index is 12.3. The van der Waals surface area contributed by atoms with Gasteiger partial charge in [0.15, 0.2) is 0 Å². The fourth-order valence-electron chi connectivity index (χ4n) is 2.54. The first kappa shape index (κ1) is 14.3. The van der Waals surface area contributed by atoms with Crippen LogP contribution in [0, 0.1) is 0 Å². The van der Waals surface area contributed by atoms with E-state index in [9.17, 15) is 9.59 Å². The minimum absolute atomic E-state index is 0.0116. The van der Waals surface area contributed by atoms with Crippen molar-refractivity contribution in [3.63, 3.8) is 0 Å². The molecule has 4 nitrogen and oxygen atoms in total. The van der Waals surface area contributed by atoms with Crippen molar-refractivity contribution in [3.05, 3.63) is 42.5 Å². The Hall–Kier alpha value is -2.10. The molecule has 1 N–H and O–H groups in total. The van der Waals surface area contributed by atoms with Crippen LogP contribution in [0.2, 0.25) is 0 Å². The van der Waals surface area contributed by atoms with Crippen LogP contribution in [0.5, 0.6) is 0 Å². The largest absolute Gasteiger partial charge is 0.351 e. The van der Waals surface area contributed by atoms with Gasteiger partial charge in [-0.3, -0.25) is 9.59 Å². The minimum Gasteiger partial charge on any atom is -0.351 e. The van der Waals surface area contributed by atoms with Gasteiger partial charge in [-0.2, -0.15) is 0 Å². The predicted molar refractivity (Wildman–Crippen MR) is 79.6 cm³/mol. The number of carbonyl (C=O) groups is 2. The molecule has 0 saturated heterocycles. The van der Waals surface area contributed by atoms with Crippen LogP contribution < -0.4 is 10.2 Å². The zero-order valence-corrected chi connectivity index (χ0v) is 12.0. The third-order valence-electron chi connectivity index (χ3n) is 3.56. The minimum atomic E-state index is -0.193. The van der Waals surface area contributed by atoms with Crippen molar-refractivity contribution in [2.45, 2.75) is 25.7 Å². The van der Waals surface area contributed by atoms with Crippen LogP contribution in [0.3, 0.4) is 0 Å². The highest BCUT2D eigenvalue weighted by Gasteiger charge is 2.36. The van der Waals surface area contributed by atoms with Gasteiger partial charge in [0.2, 0.25) is 11.8 Å². The highest BCUT2D eigenvalue weighted by Crippen LogP contribution is 2.39. The number of nitrogens with zero attached hydrogens (tertiary/aromatic N) is 1. The Morgan fingerprint density at radius 2 is 2.15 bits per heavy atom.